The molecule has 0 radical (unpaired) electrons. The van der Waals surface area contributed by atoms with E-state index < -0.39 is 5.60 Å². The van der Waals surface area contributed by atoms with Crippen LogP contribution in [0.25, 0.3) is 0 Å². The third-order valence-electron chi connectivity index (χ3n) is 5.61. The monoisotopic (exact) mass is 323 g/mol. The molecule has 24 heavy (non-hydrogen) atoms. The predicted molar refractivity (Wildman–Crippen MR) is 99.8 cm³/mol. The van der Waals surface area contributed by atoms with Gasteiger partial charge in [0.2, 0.25) is 0 Å². The minimum absolute atomic E-state index is 0.173. The van der Waals surface area contributed by atoms with E-state index in [9.17, 15) is 5.11 Å². The average molecular weight is 323 g/mol. The van der Waals surface area contributed by atoms with Crippen LogP contribution in [0.2, 0.25) is 0 Å². The quantitative estimate of drug-likeness (QED) is 0.810. The van der Waals surface area contributed by atoms with Crippen molar-refractivity contribution in [3.63, 3.8) is 0 Å². The summed E-state index contributed by atoms with van der Waals surface area (Å²) in [7, 11) is 0. The van der Waals surface area contributed by atoms with E-state index in [1.54, 1.807) is 0 Å². The van der Waals surface area contributed by atoms with Gasteiger partial charge in [0.1, 0.15) is 0 Å². The Morgan fingerprint density at radius 3 is 2.17 bits per heavy atom. The molecular weight excluding hydrogens is 294 g/mol. The van der Waals surface area contributed by atoms with E-state index in [0.717, 1.165) is 25.7 Å². The molecule has 4 atom stereocenters. The van der Waals surface area contributed by atoms with Crippen LogP contribution in [0.5, 0.6) is 0 Å². The Morgan fingerprint density at radius 1 is 1.00 bits per heavy atom. The molecule has 1 fully saturated rings. The third kappa shape index (κ3) is 3.55. The van der Waals surface area contributed by atoms with Crippen molar-refractivity contribution >= 4 is 0 Å². The highest BCUT2D eigenvalue weighted by molar-refractivity contribution is 5.26. The zero-order valence-corrected chi connectivity index (χ0v) is 14.8. The number of piperidine rings is 1. The van der Waals surface area contributed by atoms with Gasteiger partial charge >= 0.3 is 0 Å². The van der Waals surface area contributed by atoms with Crippen molar-refractivity contribution in [3.8, 4) is 0 Å². The van der Waals surface area contributed by atoms with E-state index in [2.05, 4.69) is 73.8 Å². The Kier molecular flexibility index (Phi) is 5.37. The summed E-state index contributed by atoms with van der Waals surface area (Å²) in [5, 5.41) is 15.3. The summed E-state index contributed by atoms with van der Waals surface area (Å²) in [5.74, 6) is 0.186. The molecule has 0 saturated carbocycles. The smallest absolute Gasteiger partial charge is 0.0709 e. The van der Waals surface area contributed by atoms with Crippen molar-refractivity contribution in [1.29, 1.82) is 0 Å². The maximum Gasteiger partial charge on any atom is 0.0709 e. The lowest BCUT2D eigenvalue weighted by molar-refractivity contribution is -0.0752. The maximum absolute atomic E-state index is 11.5. The summed E-state index contributed by atoms with van der Waals surface area (Å²) in [5.41, 5.74) is 1.91. The van der Waals surface area contributed by atoms with Gasteiger partial charge in [-0.1, -0.05) is 87.4 Å². The summed E-state index contributed by atoms with van der Waals surface area (Å²) < 4.78 is 0. The predicted octanol–water partition coefficient (Wildman–Crippen LogP) is 5.02. The van der Waals surface area contributed by atoms with Crippen LogP contribution in [0, 0.1) is 5.92 Å². The van der Waals surface area contributed by atoms with Crippen molar-refractivity contribution in [3.05, 3.63) is 71.8 Å². The number of unbranched alkanes of at least 4 members (excludes halogenated alkanes) is 1. The van der Waals surface area contributed by atoms with E-state index in [0.29, 0.717) is 0 Å². The zero-order chi connectivity index (χ0) is 17.0. The van der Waals surface area contributed by atoms with Gasteiger partial charge in [-0.3, -0.25) is 0 Å². The Balaban J connectivity index is 1.93. The van der Waals surface area contributed by atoms with Crippen molar-refractivity contribution < 1.29 is 5.11 Å². The lowest BCUT2D eigenvalue weighted by Crippen LogP contribution is -2.52. The van der Waals surface area contributed by atoms with Gasteiger partial charge in [-0.15, -0.1) is 0 Å². The zero-order valence-electron chi connectivity index (χ0n) is 14.8. The molecule has 0 aromatic heterocycles. The molecule has 0 spiro atoms. The molecule has 2 aromatic rings. The van der Waals surface area contributed by atoms with Crippen LogP contribution < -0.4 is 5.32 Å². The van der Waals surface area contributed by atoms with E-state index in [4.69, 9.17) is 0 Å². The number of nitrogens with one attached hydrogen (secondary N) is 1. The van der Waals surface area contributed by atoms with Crippen LogP contribution in [-0.4, -0.2) is 10.7 Å². The van der Waals surface area contributed by atoms with Gasteiger partial charge in [0.15, 0.2) is 0 Å². The number of hydrogen-bond donors (Lipinski definition) is 2. The average Bonchev–Trinajstić information content (AvgIpc) is 2.64. The number of benzene rings is 2. The van der Waals surface area contributed by atoms with Crippen LogP contribution >= 0.6 is 0 Å². The van der Waals surface area contributed by atoms with Crippen molar-refractivity contribution in [1.82, 2.24) is 5.32 Å². The normalized spacial score (nSPS) is 30.2. The molecule has 128 valence electrons. The minimum atomic E-state index is -0.623. The fourth-order valence-electron chi connectivity index (χ4n) is 4.03. The van der Waals surface area contributed by atoms with Crippen LogP contribution in [0.4, 0.5) is 0 Å². The van der Waals surface area contributed by atoms with E-state index in [1.165, 1.54) is 11.1 Å². The number of aliphatic hydroxyl groups is 1. The van der Waals surface area contributed by atoms with Gasteiger partial charge in [-0.05, 0) is 24.0 Å². The highest BCUT2D eigenvalue weighted by Gasteiger charge is 2.45. The first-order chi connectivity index (χ1) is 11.6. The molecule has 0 amide bonds. The summed E-state index contributed by atoms with van der Waals surface area (Å²) >= 11 is 0. The van der Waals surface area contributed by atoms with Gasteiger partial charge in [-0.2, -0.15) is 0 Å². The molecule has 2 N–H and O–H groups in total. The van der Waals surface area contributed by atoms with Crippen LogP contribution in [0.15, 0.2) is 60.7 Å². The SMILES string of the molecule is CCCCC1(O)CC(c2ccccc2)NC(c2ccccc2)C1C. The second kappa shape index (κ2) is 7.50. The molecule has 1 aliphatic rings. The number of hydrogen-bond acceptors (Lipinski definition) is 2. The Labute approximate surface area is 145 Å². The molecule has 2 aromatic carbocycles. The van der Waals surface area contributed by atoms with Crippen molar-refractivity contribution in [2.45, 2.75) is 57.2 Å². The fourth-order valence-corrected chi connectivity index (χ4v) is 4.03. The fraction of sp³-hybridized carbons (Fsp3) is 0.455. The van der Waals surface area contributed by atoms with E-state index in [-0.39, 0.29) is 18.0 Å². The van der Waals surface area contributed by atoms with E-state index >= 15 is 0 Å². The van der Waals surface area contributed by atoms with Gasteiger partial charge in [0.25, 0.3) is 0 Å². The Morgan fingerprint density at radius 2 is 1.58 bits per heavy atom. The standard InChI is InChI=1S/C22H29NO/c1-3-4-15-22(24)16-20(18-11-7-5-8-12-18)23-21(17(22)2)19-13-9-6-10-14-19/h5-14,17,20-21,23-24H,3-4,15-16H2,1-2H3. The lowest BCUT2D eigenvalue weighted by Gasteiger charge is -2.48. The molecule has 0 aliphatic carbocycles. The molecule has 4 unspecified atom stereocenters. The highest BCUT2D eigenvalue weighted by atomic mass is 16.3. The Hall–Kier alpha value is -1.64. The molecule has 2 nitrogen and oxygen atoms in total. The summed E-state index contributed by atoms with van der Waals surface area (Å²) in [6.45, 7) is 4.39. The largest absolute Gasteiger partial charge is 0.389 e. The van der Waals surface area contributed by atoms with Crippen LogP contribution in [0.3, 0.4) is 0 Å². The first-order valence-corrected chi connectivity index (χ1v) is 9.22. The lowest BCUT2D eigenvalue weighted by atomic mass is 9.70. The molecule has 3 rings (SSSR count). The topological polar surface area (TPSA) is 32.3 Å². The summed E-state index contributed by atoms with van der Waals surface area (Å²) in [4.78, 5) is 0. The van der Waals surface area contributed by atoms with Crippen molar-refractivity contribution in [2.75, 3.05) is 0 Å². The Bertz CT molecular complexity index is 627. The van der Waals surface area contributed by atoms with Gasteiger partial charge in [0.05, 0.1) is 5.60 Å². The van der Waals surface area contributed by atoms with Crippen molar-refractivity contribution in [2.24, 2.45) is 5.92 Å². The molecular formula is C22H29NO. The molecule has 2 heteroatoms. The number of rotatable bonds is 5. The molecule has 1 aliphatic heterocycles. The summed E-state index contributed by atoms with van der Waals surface area (Å²) in [6.07, 6.45) is 3.85. The minimum Gasteiger partial charge on any atom is -0.389 e. The second-order valence-electron chi connectivity index (χ2n) is 7.22. The van der Waals surface area contributed by atoms with Gasteiger partial charge in [-0.25, -0.2) is 0 Å². The van der Waals surface area contributed by atoms with Crippen LogP contribution in [-0.2, 0) is 0 Å². The van der Waals surface area contributed by atoms with E-state index in [1.807, 2.05) is 6.07 Å². The first-order valence-electron chi connectivity index (χ1n) is 9.22. The van der Waals surface area contributed by atoms with Crippen LogP contribution in [0.1, 0.15) is 62.7 Å². The highest BCUT2D eigenvalue weighted by Crippen LogP contribution is 2.45. The summed E-state index contributed by atoms with van der Waals surface area (Å²) in [6, 6.07) is 21.5. The first kappa shape index (κ1) is 17.2. The molecule has 1 saturated heterocycles. The maximum atomic E-state index is 11.5. The molecule has 0 bridgehead atoms. The second-order valence-corrected chi connectivity index (χ2v) is 7.22. The molecule has 1 heterocycles. The van der Waals surface area contributed by atoms with Gasteiger partial charge < -0.3 is 10.4 Å². The van der Waals surface area contributed by atoms with Gasteiger partial charge in [0, 0.05) is 18.0 Å². The third-order valence-corrected chi connectivity index (χ3v) is 5.61.